The molecule has 112 valence electrons. The second-order valence-electron chi connectivity index (χ2n) is 5.91. The Bertz CT molecular complexity index is 445. The van der Waals surface area contributed by atoms with Crippen molar-refractivity contribution >= 4 is 0 Å². The second kappa shape index (κ2) is 6.46. The van der Waals surface area contributed by atoms with Gasteiger partial charge in [-0.15, -0.1) is 0 Å². The molecule has 1 atom stereocenters. The highest BCUT2D eigenvalue weighted by atomic mass is 16.5. The number of ether oxygens (including phenoxy) is 2. The van der Waals surface area contributed by atoms with Gasteiger partial charge in [0.2, 0.25) is 0 Å². The van der Waals surface area contributed by atoms with Crippen LogP contribution in [-0.4, -0.2) is 30.0 Å². The van der Waals surface area contributed by atoms with Crippen LogP contribution in [0.25, 0.3) is 0 Å². The lowest BCUT2D eigenvalue weighted by molar-refractivity contribution is -0.0630. The lowest BCUT2D eigenvalue weighted by atomic mass is 9.94. The van der Waals surface area contributed by atoms with Gasteiger partial charge in [0.25, 0.3) is 0 Å². The molecule has 1 aromatic rings. The van der Waals surface area contributed by atoms with E-state index in [1.807, 2.05) is 19.1 Å². The van der Waals surface area contributed by atoms with Gasteiger partial charge < -0.3 is 19.9 Å². The van der Waals surface area contributed by atoms with E-state index in [1.54, 1.807) is 6.07 Å². The van der Waals surface area contributed by atoms with Crippen LogP contribution in [0.1, 0.15) is 39.2 Å². The second-order valence-corrected chi connectivity index (χ2v) is 5.91. The van der Waals surface area contributed by atoms with E-state index in [-0.39, 0.29) is 11.4 Å². The minimum absolute atomic E-state index is 0.0403. The third-order valence-electron chi connectivity index (χ3n) is 3.62. The number of aromatic hydroxyl groups is 1. The molecule has 20 heavy (non-hydrogen) atoms. The van der Waals surface area contributed by atoms with Gasteiger partial charge in [-0.05, 0) is 51.3 Å². The summed E-state index contributed by atoms with van der Waals surface area (Å²) in [5.74, 6) is 0.752. The summed E-state index contributed by atoms with van der Waals surface area (Å²) in [5.41, 5.74) is 1.08. The van der Waals surface area contributed by atoms with E-state index in [0.29, 0.717) is 18.4 Å². The fourth-order valence-electron chi connectivity index (χ4n) is 2.61. The average molecular weight is 279 g/mol. The van der Waals surface area contributed by atoms with Gasteiger partial charge in [-0.3, -0.25) is 0 Å². The Morgan fingerprint density at radius 2 is 2.25 bits per heavy atom. The molecule has 0 radical (unpaired) electrons. The average Bonchev–Trinajstić information content (AvgIpc) is 2.39. The van der Waals surface area contributed by atoms with Crippen LogP contribution in [0.15, 0.2) is 18.2 Å². The van der Waals surface area contributed by atoms with Crippen molar-refractivity contribution in [3.63, 3.8) is 0 Å². The van der Waals surface area contributed by atoms with Crippen molar-refractivity contribution in [1.29, 1.82) is 0 Å². The van der Waals surface area contributed by atoms with Gasteiger partial charge in [0.05, 0.1) is 12.2 Å². The number of rotatable bonds is 5. The molecule has 1 heterocycles. The monoisotopic (exact) mass is 279 g/mol. The molecule has 1 saturated heterocycles. The molecule has 4 nitrogen and oxygen atoms in total. The van der Waals surface area contributed by atoms with E-state index in [9.17, 15) is 5.11 Å². The highest BCUT2D eigenvalue weighted by molar-refractivity contribution is 5.41. The van der Waals surface area contributed by atoms with Gasteiger partial charge in [-0.1, -0.05) is 6.07 Å². The molecule has 0 amide bonds. The zero-order chi connectivity index (χ0) is 14.6. The summed E-state index contributed by atoms with van der Waals surface area (Å²) in [6, 6.07) is 5.99. The van der Waals surface area contributed by atoms with Crippen molar-refractivity contribution in [3.05, 3.63) is 23.8 Å². The number of phenolic OH excluding ortho intramolecular Hbond substituents is 1. The van der Waals surface area contributed by atoms with E-state index < -0.39 is 0 Å². The Kier molecular flexibility index (Phi) is 4.89. The Balaban J connectivity index is 1.92. The van der Waals surface area contributed by atoms with Crippen molar-refractivity contribution in [2.24, 2.45) is 0 Å². The first-order valence-corrected chi connectivity index (χ1v) is 7.32. The SMILES string of the molecule is CCOc1cc(CNC2CCOC(C)(C)C2)ccc1O. The topological polar surface area (TPSA) is 50.7 Å². The van der Waals surface area contributed by atoms with Crippen molar-refractivity contribution in [3.8, 4) is 11.5 Å². The van der Waals surface area contributed by atoms with Crippen molar-refractivity contribution in [2.75, 3.05) is 13.2 Å². The van der Waals surface area contributed by atoms with Gasteiger partial charge in [-0.25, -0.2) is 0 Å². The third kappa shape index (κ3) is 4.12. The first-order chi connectivity index (χ1) is 9.50. The molecule has 0 aromatic heterocycles. The number of hydrogen-bond donors (Lipinski definition) is 2. The maximum atomic E-state index is 9.69. The number of benzene rings is 1. The Morgan fingerprint density at radius 3 is 2.95 bits per heavy atom. The smallest absolute Gasteiger partial charge is 0.161 e. The first kappa shape index (κ1) is 15.1. The van der Waals surface area contributed by atoms with Gasteiger partial charge in [-0.2, -0.15) is 0 Å². The van der Waals surface area contributed by atoms with E-state index in [1.165, 1.54) is 0 Å². The highest BCUT2D eigenvalue weighted by Crippen LogP contribution is 2.27. The summed E-state index contributed by atoms with van der Waals surface area (Å²) in [6.45, 7) is 8.32. The molecular weight excluding hydrogens is 254 g/mol. The normalized spacial score (nSPS) is 21.6. The summed E-state index contributed by atoms with van der Waals surface area (Å²) in [5, 5.41) is 13.3. The van der Waals surface area contributed by atoms with Crippen LogP contribution in [0.2, 0.25) is 0 Å². The molecule has 0 aliphatic carbocycles. The zero-order valence-corrected chi connectivity index (χ0v) is 12.6. The molecule has 1 aromatic carbocycles. The van der Waals surface area contributed by atoms with Crippen LogP contribution >= 0.6 is 0 Å². The number of phenols is 1. The van der Waals surface area contributed by atoms with E-state index in [4.69, 9.17) is 9.47 Å². The van der Waals surface area contributed by atoms with E-state index in [2.05, 4.69) is 19.2 Å². The molecule has 1 aliphatic heterocycles. The Labute approximate surface area is 121 Å². The highest BCUT2D eigenvalue weighted by Gasteiger charge is 2.28. The van der Waals surface area contributed by atoms with Crippen molar-refractivity contribution < 1.29 is 14.6 Å². The van der Waals surface area contributed by atoms with Crippen molar-refractivity contribution in [1.82, 2.24) is 5.32 Å². The summed E-state index contributed by atoms with van der Waals surface area (Å²) >= 11 is 0. The summed E-state index contributed by atoms with van der Waals surface area (Å²) in [4.78, 5) is 0. The summed E-state index contributed by atoms with van der Waals surface area (Å²) < 4.78 is 11.1. The fraction of sp³-hybridized carbons (Fsp3) is 0.625. The number of hydrogen-bond acceptors (Lipinski definition) is 4. The van der Waals surface area contributed by atoms with Crippen molar-refractivity contribution in [2.45, 2.75) is 51.8 Å². The molecule has 1 fully saturated rings. The van der Waals surface area contributed by atoms with E-state index >= 15 is 0 Å². The molecule has 1 unspecified atom stereocenters. The van der Waals surface area contributed by atoms with Gasteiger partial charge in [0.1, 0.15) is 0 Å². The maximum absolute atomic E-state index is 9.69. The maximum Gasteiger partial charge on any atom is 0.161 e. The molecule has 0 saturated carbocycles. The summed E-state index contributed by atoms with van der Waals surface area (Å²) in [6.07, 6.45) is 2.06. The lowest BCUT2D eigenvalue weighted by Gasteiger charge is -2.36. The zero-order valence-electron chi connectivity index (χ0n) is 12.6. The molecule has 1 aliphatic rings. The minimum atomic E-state index is -0.0403. The van der Waals surface area contributed by atoms with Crippen LogP contribution < -0.4 is 10.1 Å². The minimum Gasteiger partial charge on any atom is -0.504 e. The molecule has 0 spiro atoms. The van der Waals surface area contributed by atoms with Crippen LogP contribution in [-0.2, 0) is 11.3 Å². The largest absolute Gasteiger partial charge is 0.504 e. The van der Waals surface area contributed by atoms with Crippen LogP contribution in [0, 0.1) is 0 Å². The molecule has 0 bridgehead atoms. The molecule has 2 N–H and O–H groups in total. The van der Waals surface area contributed by atoms with Gasteiger partial charge >= 0.3 is 0 Å². The van der Waals surface area contributed by atoms with Gasteiger partial charge in [0.15, 0.2) is 11.5 Å². The molecule has 2 rings (SSSR count). The predicted octanol–water partition coefficient (Wildman–Crippen LogP) is 2.84. The van der Waals surface area contributed by atoms with Gasteiger partial charge in [0, 0.05) is 19.2 Å². The molecule has 4 heteroatoms. The fourth-order valence-corrected chi connectivity index (χ4v) is 2.61. The third-order valence-corrected chi connectivity index (χ3v) is 3.62. The number of nitrogens with one attached hydrogen (secondary N) is 1. The quantitative estimate of drug-likeness (QED) is 0.870. The molecular formula is C16H25NO3. The first-order valence-electron chi connectivity index (χ1n) is 7.32. The predicted molar refractivity (Wildman–Crippen MR) is 79.2 cm³/mol. The lowest BCUT2D eigenvalue weighted by Crippen LogP contribution is -2.43. The standard InChI is InChI=1S/C16H25NO3/c1-4-19-15-9-12(5-6-14(15)18)11-17-13-7-8-20-16(2,3)10-13/h5-6,9,13,17-18H,4,7-8,10-11H2,1-3H3. The van der Waals surface area contributed by atoms with Crippen LogP contribution in [0.5, 0.6) is 11.5 Å². The van der Waals surface area contributed by atoms with Crippen LogP contribution in [0.4, 0.5) is 0 Å². The Morgan fingerprint density at radius 1 is 1.45 bits per heavy atom. The van der Waals surface area contributed by atoms with E-state index in [0.717, 1.165) is 31.6 Å². The van der Waals surface area contributed by atoms with Crippen LogP contribution in [0.3, 0.4) is 0 Å². The summed E-state index contributed by atoms with van der Waals surface area (Å²) in [7, 11) is 0. The Hall–Kier alpha value is -1.26.